The summed E-state index contributed by atoms with van der Waals surface area (Å²) in [5.41, 5.74) is 1.73. The molecule has 1 aromatic rings. The third-order valence-electron chi connectivity index (χ3n) is 5.79. The van der Waals surface area contributed by atoms with Crippen LogP contribution in [0, 0.1) is 5.92 Å². The summed E-state index contributed by atoms with van der Waals surface area (Å²) in [6.45, 7) is 6.93. The molecule has 144 valence electrons. The molecule has 0 radical (unpaired) electrons. The molecule has 1 atom stereocenters. The number of hydrogen-bond donors (Lipinski definition) is 2. The number of aromatic nitrogens is 2. The van der Waals surface area contributed by atoms with Crippen molar-refractivity contribution in [3.8, 4) is 0 Å². The van der Waals surface area contributed by atoms with Gasteiger partial charge in [-0.15, -0.1) is 0 Å². The van der Waals surface area contributed by atoms with Gasteiger partial charge in [0.1, 0.15) is 0 Å². The quantitative estimate of drug-likeness (QED) is 0.845. The van der Waals surface area contributed by atoms with Crippen LogP contribution in [0.5, 0.6) is 0 Å². The monoisotopic (exact) mass is 361 g/mol. The molecule has 2 N–H and O–H groups in total. The molecule has 1 saturated carbocycles. The largest absolute Gasteiger partial charge is 0.325 e. The molecule has 1 saturated heterocycles. The predicted octanol–water partition coefficient (Wildman–Crippen LogP) is 3.18. The van der Waals surface area contributed by atoms with Crippen LogP contribution in [0.15, 0.2) is 6.20 Å². The fourth-order valence-corrected chi connectivity index (χ4v) is 4.21. The SMILES string of the molecule is CCN(CC)C(=O)N1CCC[C@H](c2[nH]ncc2NC(=O)C2CCCC2)C1. The van der Waals surface area contributed by atoms with Crippen molar-refractivity contribution >= 4 is 17.6 Å². The highest BCUT2D eigenvalue weighted by atomic mass is 16.2. The smallest absolute Gasteiger partial charge is 0.319 e. The Morgan fingerprint density at radius 2 is 1.96 bits per heavy atom. The first kappa shape index (κ1) is 18.7. The summed E-state index contributed by atoms with van der Waals surface area (Å²) in [6, 6.07) is 0.107. The Hall–Kier alpha value is -2.05. The zero-order valence-electron chi connectivity index (χ0n) is 16.0. The van der Waals surface area contributed by atoms with E-state index < -0.39 is 0 Å². The molecule has 3 rings (SSSR count). The number of likely N-dealkylation sites (tertiary alicyclic amines) is 1. The van der Waals surface area contributed by atoms with E-state index in [4.69, 9.17) is 0 Å². The summed E-state index contributed by atoms with van der Waals surface area (Å²) in [7, 11) is 0. The van der Waals surface area contributed by atoms with Crippen LogP contribution in [0.3, 0.4) is 0 Å². The lowest BCUT2D eigenvalue weighted by atomic mass is 9.94. The van der Waals surface area contributed by atoms with E-state index in [1.54, 1.807) is 6.20 Å². The molecule has 0 aromatic carbocycles. The van der Waals surface area contributed by atoms with Crippen molar-refractivity contribution in [2.45, 2.75) is 58.3 Å². The number of hydrogen-bond acceptors (Lipinski definition) is 3. The molecule has 0 spiro atoms. The van der Waals surface area contributed by atoms with Gasteiger partial charge in [0.2, 0.25) is 5.91 Å². The molecule has 7 heteroatoms. The first-order valence-corrected chi connectivity index (χ1v) is 10.0. The van der Waals surface area contributed by atoms with Crippen LogP contribution < -0.4 is 5.32 Å². The maximum absolute atomic E-state index is 12.7. The second-order valence-electron chi connectivity index (χ2n) is 7.41. The van der Waals surface area contributed by atoms with Gasteiger partial charge in [-0.1, -0.05) is 12.8 Å². The van der Waals surface area contributed by atoms with E-state index in [9.17, 15) is 9.59 Å². The van der Waals surface area contributed by atoms with Gasteiger partial charge in [-0.25, -0.2) is 4.79 Å². The number of urea groups is 1. The Morgan fingerprint density at radius 3 is 2.65 bits per heavy atom. The second-order valence-corrected chi connectivity index (χ2v) is 7.41. The lowest BCUT2D eigenvalue weighted by Crippen LogP contribution is -2.47. The van der Waals surface area contributed by atoms with Crippen molar-refractivity contribution in [1.29, 1.82) is 0 Å². The molecular weight excluding hydrogens is 330 g/mol. The number of carbonyl (C=O) groups is 2. The summed E-state index contributed by atoms with van der Waals surface area (Å²) >= 11 is 0. The summed E-state index contributed by atoms with van der Waals surface area (Å²) < 4.78 is 0. The van der Waals surface area contributed by atoms with Gasteiger partial charge in [0.05, 0.1) is 17.6 Å². The van der Waals surface area contributed by atoms with Gasteiger partial charge < -0.3 is 15.1 Å². The highest BCUT2D eigenvalue weighted by Crippen LogP contribution is 2.32. The Bertz CT molecular complexity index is 619. The molecule has 1 aromatic heterocycles. The number of nitrogens with zero attached hydrogens (tertiary/aromatic N) is 3. The van der Waals surface area contributed by atoms with Crippen molar-refractivity contribution in [2.24, 2.45) is 5.92 Å². The number of H-pyrrole nitrogens is 1. The Morgan fingerprint density at radius 1 is 1.23 bits per heavy atom. The van der Waals surface area contributed by atoms with Crippen LogP contribution in [0.25, 0.3) is 0 Å². The average molecular weight is 361 g/mol. The number of amides is 3. The van der Waals surface area contributed by atoms with Gasteiger partial charge in [0, 0.05) is 38.0 Å². The van der Waals surface area contributed by atoms with Gasteiger partial charge in [0.15, 0.2) is 0 Å². The minimum atomic E-state index is 0.107. The number of carbonyl (C=O) groups excluding carboxylic acids is 2. The third kappa shape index (κ3) is 4.02. The summed E-state index contributed by atoms with van der Waals surface area (Å²) in [5.74, 6) is 0.423. The van der Waals surface area contributed by atoms with Crippen molar-refractivity contribution in [1.82, 2.24) is 20.0 Å². The van der Waals surface area contributed by atoms with E-state index >= 15 is 0 Å². The van der Waals surface area contributed by atoms with Crippen molar-refractivity contribution in [3.63, 3.8) is 0 Å². The number of rotatable bonds is 5. The summed E-state index contributed by atoms with van der Waals surface area (Å²) in [5, 5.41) is 10.3. The first-order valence-electron chi connectivity index (χ1n) is 10.0. The van der Waals surface area contributed by atoms with E-state index in [1.165, 1.54) is 0 Å². The van der Waals surface area contributed by atoms with Crippen LogP contribution in [-0.4, -0.2) is 58.1 Å². The van der Waals surface area contributed by atoms with E-state index in [0.29, 0.717) is 6.54 Å². The van der Waals surface area contributed by atoms with Crippen LogP contribution >= 0.6 is 0 Å². The molecule has 2 heterocycles. The molecule has 2 fully saturated rings. The highest BCUT2D eigenvalue weighted by Gasteiger charge is 2.30. The molecule has 26 heavy (non-hydrogen) atoms. The molecular formula is C19H31N5O2. The maximum atomic E-state index is 12.7. The molecule has 0 bridgehead atoms. The van der Waals surface area contributed by atoms with Crippen molar-refractivity contribution in [2.75, 3.05) is 31.5 Å². The lowest BCUT2D eigenvalue weighted by molar-refractivity contribution is -0.119. The van der Waals surface area contributed by atoms with Gasteiger partial charge in [-0.3, -0.25) is 9.89 Å². The van der Waals surface area contributed by atoms with Gasteiger partial charge in [0.25, 0.3) is 0 Å². The first-order chi connectivity index (χ1) is 12.6. The maximum Gasteiger partial charge on any atom is 0.319 e. The summed E-state index contributed by atoms with van der Waals surface area (Å²) in [4.78, 5) is 28.9. The van der Waals surface area contributed by atoms with E-state index in [1.807, 2.05) is 23.6 Å². The van der Waals surface area contributed by atoms with E-state index in [-0.39, 0.29) is 23.8 Å². The van der Waals surface area contributed by atoms with Crippen molar-refractivity contribution in [3.05, 3.63) is 11.9 Å². The third-order valence-corrected chi connectivity index (χ3v) is 5.79. The fourth-order valence-electron chi connectivity index (χ4n) is 4.21. The normalized spacial score (nSPS) is 21.0. The number of nitrogens with one attached hydrogen (secondary N) is 2. The molecule has 3 amide bonds. The minimum absolute atomic E-state index is 0.107. The van der Waals surface area contributed by atoms with Gasteiger partial charge in [-0.05, 0) is 39.5 Å². The van der Waals surface area contributed by atoms with Crippen LogP contribution in [0.2, 0.25) is 0 Å². The Labute approximate surface area is 155 Å². The number of aromatic amines is 1. The van der Waals surface area contributed by atoms with Gasteiger partial charge >= 0.3 is 6.03 Å². The van der Waals surface area contributed by atoms with Crippen LogP contribution in [0.4, 0.5) is 10.5 Å². The standard InChI is InChI=1S/C19H31N5O2/c1-3-23(4-2)19(26)24-11-7-10-15(13-24)17-16(12-20-22-17)21-18(25)14-8-5-6-9-14/h12,14-15H,3-11,13H2,1-2H3,(H,20,22)(H,21,25)/t15-/m0/s1. The molecule has 1 aliphatic carbocycles. The fraction of sp³-hybridized carbons (Fsp3) is 0.737. The zero-order valence-corrected chi connectivity index (χ0v) is 16.0. The Kier molecular flexibility index (Phi) is 6.16. The van der Waals surface area contributed by atoms with Crippen LogP contribution in [-0.2, 0) is 4.79 Å². The van der Waals surface area contributed by atoms with E-state index in [2.05, 4.69) is 15.5 Å². The second kappa shape index (κ2) is 8.56. The Balaban J connectivity index is 1.66. The topological polar surface area (TPSA) is 81.3 Å². The highest BCUT2D eigenvalue weighted by molar-refractivity contribution is 5.93. The predicted molar refractivity (Wildman–Crippen MR) is 101 cm³/mol. The molecule has 0 unspecified atom stereocenters. The minimum Gasteiger partial charge on any atom is -0.325 e. The zero-order chi connectivity index (χ0) is 18.5. The number of anilines is 1. The molecule has 2 aliphatic rings. The average Bonchev–Trinajstić information content (AvgIpc) is 3.34. The van der Waals surface area contributed by atoms with Crippen molar-refractivity contribution < 1.29 is 9.59 Å². The van der Waals surface area contributed by atoms with Crippen LogP contribution in [0.1, 0.15) is 64.0 Å². The lowest BCUT2D eigenvalue weighted by Gasteiger charge is -2.35. The van der Waals surface area contributed by atoms with Gasteiger partial charge in [-0.2, -0.15) is 5.10 Å². The molecule has 7 nitrogen and oxygen atoms in total. The number of piperidine rings is 1. The van der Waals surface area contributed by atoms with E-state index in [0.717, 1.165) is 69.5 Å². The summed E-state index contributed by atoms with van der Waals surface area (Å²) in [6.07, 6.45) is 7.91. The molecule has 1 aliphatic heterocycles.